The maximum Gasteiger partial charge on any atom is 0.256 e. The summed E-state index contributed by atoms with van der Waals surface area (Å²) >= 11 is 0. The molecule has 0 fully saturated rings. The van der Waals surface area contributed by atoms with Gasteiger partial charge in [-0.2, -0.15) is 9.61 Å². The Labute approximate surface area is 264 Å². The first kappa shape index (κ1) is 28.8. The lowest BCUT2D eigenvalue weighted by atomic mass is 10.0. The normalized spacial score (nSPS) is 13.0. The minimum atomic E-state index is -0.486. The summed E-state index contributed by atoms with van der Waals surface area (Å²) in [4.78, 5) is 24.9. The van der Waals surface area contributed by atoms with E-state index in [4.69, 9.17) is 20.6 Å². The molecular formula is C35H31FN8O2. The van der Waals surface area contributed by atoms with E-state index < -0.39 is 5.82 Å². The lowest BCUT2D eigenvalue weighted by Crippen LogP contribution is -2.28. The zero-order valence-corrected chi connectivity index (χ0v) is 24.9. The first-order valence-electron chi connectivity index (χ1n) is 14.9. The summed E-state index contributed by atoms with van der Waals surface area (Å²) in [7, 11) is 0. The van der Waals surface area contributed by atoms with Crippen molar-refractivity contribution in [3.05, 3.63) is 131 Å². The van der Waals surface area contributed by atoms with Crippen LogP contribution in [0.25, 0.3) is 16.8 Å². The lowest BCUT2D eigenvalue weighted by Gasteiger charge is -2.29. The summed E-state index contributed by atoms with van der Waals surface area (Å²) in [5.41, 5.74) is 11.7. The topological polar surface area (TPSA) is 123 Å². The van der Waals surface area contributed by atoms with Gasteiger partial charge in [0, 0.05) is 30.9 Å². The van der Waals surface area contributed by atoms with Crippen molar-refractivity contribution in [2.75, 3.05) is 29.1 Å². The third-order valence-electron chi connectivity index (χ3n) is 7.76. The summed E-state index contributed by atoms with van der Waals surface area (Å²) in [5, 5.41) is 11.1. The number of halogens is 1. The van der Waals surface area contributed by atoms with Gasteiger partial charge in [-0.15, -0.1) is 0 Å². The molecule has 2 bridgehead atoms. The Hall–Kier alpha value is -5.97. The van der Waals surface area contributed by atoms with Gasteiger partial charge in [0.1, 0.15) is 29.6 Å². The van der Waals surface area contributed by atoms with E-state index in [1.54, 1.807) is 4.52 Å². The molecular weight excluding hydrogens is 583 g/mol. The fraction of sp³-hybridized carbons (Fsp3) is 0.143. The van der Waals surface area contributed by atoms with Gasteiger partial charge in [-0.05, 0) is 34.9 Å². The third-order valence-corrected chi connectivity index (χ3v) is 7.76. The van der Waals surface area contributed by atoms with Gasteiger partial charge in [0.25, 0.3) is 5.91 Å². The molecule has 4 N–H and O–H groups in total. The molecule has 0 spiro atoms. The molecule has 0 radical (unpaired) electrons. The van der Waals surface area contributed by atoms with E-state index >= 15 is 0 Å². The SMILES string of the molecule is Nc1ccc(-c2c3nc4c(cnn4c2N(Cc2ccccc2)Cc2ccccc2)C(=O)NCCOc2ncc(F)cc2CN3)cc1. The highest BCUT2D eigenvalue weighted by Crippen LogP contribution is 2.39. The minimum Gasteiger partial charge on any atom is -0.476 e. The van der Waals surface area contributed by atoms with Crippen molar-refractivity contribution in [1.82, 2.24) is 24.9 Å². The Balaban J connectivity index is 1.49. The van der Waals surface area contributed by atoms with E-state index in [9.17, 15) is 9.18 Å². The number of rotatable bonds is 6. The zero-order chi connectivity index (χ0) is 31.5. The number of hydrogen-bond acceptors (Lipinski definition) is 8. The second kappa shape index (κ2) is 12.6. The second-order valence-electron chi connectivity index (χ2n) is 11.0. The number of nitrogen functional groups attached to an aromatic ring is 1. The predicted octanol–water partition coefficient (Wildman–Crippen LogP) is 5.45. The van der Waals surface area contributed by atoms with Crippen LogP contribution >= 0.6 is 0 Å². The highest BCUT2D eigenvalue weighted by molar-refractivity contribution is 6.01. The maximum absolute atomic E-state index is 14.4. The molecule has 7 rings (SSSR count). The maximum atomic E-state index is 14.4. The number of anilines is 3. The number of benzene rings is 3. The number of carbonyl (C=O) groups excluding carboxylic acids is 1. The molecule has 46 heavy (non-hydrogen) atoms. The van der Waals surface area contributed by atoms with Gasteiger partial charge in [-0.3, -0.25) is 4.79 Å². The van der Waals surface area contributed by atoms with Crippen molar-refractivity contribution >= 4 is 28.9 Å². The molecule has 10 nitrogen and oxygen atoms in total. The molecule has 0 unspecified atom stereocenters. The Bertz CT molecular complexity index is 1960. The minimum absolute atomic E-state index is 0.149. The highest BCUT2D eigenvalue weighted by atomic mass is 19.1. The van der Waals surface area contributed by atoms with E-state index in [2.05, 4.69) is 44.8 Å². The fourth-order valence-corrected chi connectivity index (χ4v) is 5.60. The number of amides is 1. The first-order chi connectivity index (χ1) is 22.5. The first-order valence-corrected chi connectivity index (χ1v) is 14.9. The molecule has 4 heterocycles. The van der Waals surface area contributed by atoms with E-state index in [-0.39, 0.29) is 31.5 Å². The van der Waals surface area contributed by atoms with Gasteiger partial charge in [0.05, 0.1) is 24.5 Å². The van der Waals surface area contributed by atoms with E-state index in [1.165, 1.54) is 12.3 Å². The highest BCUT2D eigenvalue weighted by Gasteiger charge is 2.27. The van der Waals surface area contributed by atoms with E-state index in [1.807, 2.05) is 60.7 Å². The van der Waals surface area contributed by atoms with Crippen LogP contribution in [0.15, 0.2) is 103 Å². The van der Waals surface area contributed by atoms with Crippen LogP contribution in [-0.2, 0) is 19.6 Å². The molecule has 11 heteroatoms. The molecule has 0 saturated carbocycles. The van der Waals surface area contributed by atoms with Gasteiger partial charge in [0.15, 0.2) is 5.65 Å². The van der Waals surface area contributed by atoms with Crippen LogP contribution in [0.4, 0.5) is 21.7 Å². The zero-order valence-electron chi connectivity index (χ0n) is 24.9. The van der Waals surface area contributed by atoms with Crippen molar-refractivity contribution in [2.45, 2.75) is 19.6 Å². The number of fused-ring (bicyclic) bond motifs is 2. The second-order valence-corrected chi connectivity index (χ2v) is 11.0. The monoisotopic (exact) mass is 614 g/mol. The summed E-state index contributed by atoms with van der Waals surface area (Å²) in [6.45, 7) is 1.58. The van der Waals surface area contributed by atoms with Gasteiger partial charge < -0.3 is 26.0 Å². The van der Waals surface area contributed by atoms with Crippen LogP contribution in [0.2, 0.25) is 0 Å². The Kier molecular flexibility index (Phi) is 7.86. The van der Waals surface area contributed by atoms with Crippen LogP contribution in [0, 0.1) is 5.82 Å². The Morgan fingerprint density at radius 1 is 0.913 bits per heavy atom. The number of pyridine rings is 1. The average Bonchev–Trinajstić information content (AvgIpc) is 3.50. The average molecular weight is 615 g/mol. The lowest BCUT2D eigenvalue weighted by molar-refractivity contribution is 0.0948. The van der Waals surface area contributed by atoms with Gasteiger partial charge in [-0.25, -0.2) is 14.4 Å². The van der Waals surface area contributed by atoms with Crippen LogP contribution in [0.1, 0.15) is 27.0 Å². The largest absolute Gasteiger partial charge is 0.476 e. The number of carbonyl (C=O) groups is 1. The molecule has 230 valence electrons. The Morgan fingerprint density at radius 2 is 1.61 bits per heavy atom. The molecule has 0 aliphatic carbocycles. The summed E-state index contributed by atoms with van der Waals surface area (Å²) in [6, 6.07) is 29.2. The molecule has 1 aliphatic heterocycles. The number of nitrogens with two attached hydrogens (primary N) is 1. The number of nitrogens with zero attached hydrogens (tertiary/aromatic N) is 5. The summed E-state index contributed by atoms with van der Waals surface area (Å²) in [5.74, 6) is 0.637. The Morgan fingerprint density at radius 3 is 2.30 bits per heavy atom. The van der Waals surface area contributed by atoms with Crippen LogP contribution < -0.4 is 26.0 Å². The number of nitrogens with one attached hydrogen (secondary N) is 2. The van der Waals surface area contributed by atoms with Crippen molar-refractivity contribution in [3.8, 4) is 17.0 Å². The van der Waals surface area contributed by atoms with Crippen molar-refractivity contribution in [1.29, 1.82) is 0 Å². The quantitative estimate of drug-likeness (QED) is 0.212. The molecule has 3 aromatic heterocycles. The molecule has 6 aromatic rings. The number of hydrogen-bond donors (Lipinski definition) is 3. The number of aromatic nitrogens is 4. The van der Waals surface area contributed by atoms with Crippen LogP contribution in [-0.4, -0.2) is 38.6 Å². The van der Waals surface area contributed by atoms with Crippen molar-refractivity contribution in [3.63, 3.8) is 0 Å². The fourth-order valence-electron chi connectivity index (χ4n) is 5.60. The molecule has 3 aromatic carbocycles. The van der Waals surface area contributed by atoms with E-state index in [0.717, 1.165) is 28.5 Å². The smallest absolute Gasteiger partial charge is 0.256 e. The van der Waals surface area contributed by atoms with Crippen molar-refractivity contribution in [2.24, 2.45) is 0 Å². The van der Waals surface area contributed by atoms with Gasteiger partial charge in [0.2, 0.25) is 5.88 Å². The van der Waals surface area contributed by atoms with Crippen LogP contribution in [0.3, 0.4) is 0 Å². The predicted molar refractivity (Wildman–Crippen MR) is 175 cm³/mol. The molecule has 0 atom stereocenters. The summed E-state index contributed by atoms with van der Waals surface area (Å²) in [6.07, 6.45) is 2.65. The third kappa shape index (κ3) is 5.90. The molecule has 1 amide bonds. The van der Waals surface area contributed by atoms with E-state index in [0.29, 0.717) is 47.2 Å². The number of ether oxygens (including phenoxy) is 1. The van der Waals surface area contributed by atoms with Gasteiger partial charge in [-0.1, -0.05) is 72.8 Å². The summed E-state index contributed by atoms with van der Waals surface area (Å²) < 4.78 is 22.0. The van der Waals surface area contributed by atoms with Gasteiger partial charge >= 0.3 is 0 Å². The van der Waals surface area contributed by atoms with Crippen molar-refractivity contribution < 1.29 is 13.9 Å². The molecule has 0 saturated heterocycles. The standard InChI is InChI=1S/C35H31FN8O2/c36-27-17-26-18-39-31-30(25-11-13-28(37)14-12-25)35(43(21-23-7-3-1-4-8-23)22-24-9-5-2-6-10-24)44-32(42-31)29(20-41-44)33(45)38-15-16-46-34(26)40-19-27/h1-14,17,19-20H,15-16,18,21-22,37H2,(H,38,45)(H,39,42). The van der Waals surface area contributed by atoms with Crippen LogP contribution in [0.5, 0.6) is 5.88 Å². The molecule has 1 aliphatic rings.